The number of halogens is 1. The fraction of sp³-hybridized carbons (Fsp3) is 0.500. The molecule has 1 aromatic rings. The Kier molecular flexibility index (Phi) is 4.74. The van der Waals surface area contributed by atoms with Crippen LogP contribution in [-0.4, -0.2) is 25.2 Å². The second-order valence-electron chi connectivity index (χ2n) is 4.50. The van der Waals surface area contributed by atoms with Gasteiger partial charge in [-0.15, -0.1) is 0 Å². The first kappa shape index (κ1) is 13.8. The van der Waals surface area contributed by atoms with Crippen LogP contribution in [0.5, 0.6) is 5.75 Å². The lowest BCUT2D eigenvalue weighted by Gasteiger charge is -2.12. The third-order valence-electron chi connectivity index (χ3n) is 2.91. The van der Waals surface area contributed by atoms with E-state index in [1.807, 2.05) is 0 Å². The standard InChI is InChI=1S/C14H18FNO3/c1-2-6-16-9-10-3-4-12(11(15)8-10)19-13-5-7-18-14(13)17/h3-4,8,13,16H,2,5-7,9H2,1H3. The minimum absolute atomic E-state index is 0.100. The molecule has 1 unspecified atom stereocenters. The van der Waals surface area contributed by atoms with Gasteiger partial charge >= 0.3 is 5.97 Å². The Morgan fingerprint density at radius 3 is 3.00 bits per heavy atom. The lowest BCUT2D eigenvalue weighted by atomic mass is 10.2. The van der Waals surface area contributed by atoms with Crippen LogP contribution in [0.1, 0.15) is 25.3 Å². The van der Waals surface area contributed by atoms with E-state index in [9.17, 15) is 9.18 Å². The van der Waals surface area contributed by atoms with Crippen LogP contribution in [0.15, 0.2) is 18.2 Å². The van der Waals surface area contributed by atoms with Crippen LogP contribution in [-0.2, 0) is 16.1 Å². The molecule has 1 heterocycles. The zero-order valence-corrected chi connectivity index (χ0v) is 10.9. The molecule has 19 heavy (non-hydrogen) atoms. The summed E-state index contributed by atoms with van der Waals surface area (Å²) >= 11 is 0. The van der Waals surface area contributed by atoms with Gasteiger partial charge in [-0.05, 0) is 30.7 Å². The maximum Gasteiger partial charge on any atom is 0.347 e. The molecule has 0 amide bonds. The average molecular weight is 267 g/mol. The molecule has 0 saturated carbocycles. The second kappa shape index (κ2) is 6.52. The molecule has 1 aliphatic heterocycles. The van der Waals surface area contributed by atoms with Gasteiger partial charge in [-0.2, -0.15) is 0 Å². The van der Waals surface area contributed by atoms with E-state index in [-0.39, 0.29) is 5.75 Å². The van der Waals surface area contributed by atoms with Crippen LogP contribution in [0.2, 0.25) is 0 Å². The van der Waals surface area contributed by atoms with Gasteiger partial charge in [0.2, 0.25) is 0 Å². The summed E-state index contributed by atoms with van der Waals surface area (Å²) in [6.45, 7) is 3.93. The number of carbonyl (C=O) groups is 1. The summed E-state index contributed by atoms with van der Waals surface area (Å²) in [5, 5.41) is 3.20. The van der Waals surface area contributed by atoms with Crippen molar-refractivity contribution in [3.63, 3.8) is 0 Å². The number of hydrogen-bond acceptors (Lipinski definition) is 4. The molecule has 0 bridgehead atoms. The molecule has 4 nitrogen and oxygen atoms in total. The third kappa shape index (κ3) is 3.67. The Balaban J connectivity index is 1.96. The minimum Gasteiger partial charge on any atom is -0.476 e. The number of benzene rings is 1. The van der Waals surface area contributed by atoms with Crippen LogP contribution in [0.25, 0.3) is 0 Å². The van der Waals surface area contributed by atoms with Gasteiger partial charge < -0.3 is 14.8 Å². The Hall–Kier alpha value is -1.62. The molecule has 1 saturated heterocycles. The van der Waals surface area contributed by atoms with Crippen molar-refractivity contribution in [2.75, 3.05) is 13.2 Å². The molecule has 1 atom stereocenters. The van der Waals surface area contributed by atoms with Crippen molar-refractivity contribution in [2.24, 2.45) is 0 Å². The van der Waals surface area contributed by atoms with Crippen LogP contribution < -0.4 is 10.1 Å². The van der Waals surface area contributed by atoms with Gasteiger partial charge in [-0.1, -0.05) is 13.0 Å². The zero-order chi connectivity index (χ0) is 13.7. The topological polar surface area (TPSA) is 47.6 Å². The maximum atomic E-state index is 13.8. The van der Waals surface area contributed by atoms with Gasteiger partial charge in [0.05, 0.1) is 6.61 Å². The monoisotopic (exact) mass is 267 g/mol. The van der Waals surface area contributed by atoms with E-state index in [1.165, 1.54) is 6.07 Å². The summed E-state index contributed by atoms with van der Waals surface area (Å²) in [6.07, 6.45) is 0.824. The average Bonchev–Trinajstić information content (AvgIpc) is 2.79. The van der Waals surface area contributed by atoms with E-state index in [1.54, 1.807) is 12.1 Å². The highest BCUT2D eigenvalue weighted by atomic mass is 19.1. The SMILES string of the molecule is CCCNCc1ccc(OC2CCOC2=O)c(F)c1. The largest absolute Gasteiger partial charge is 0.476 e. The fourth-order valence-electron chi connectivity index (χ4n) is 1.90. The van der Waals surface area contributed by atoms with Crippen molar-refractivity contribution in [3.05, 3.63) is 29.6 Å². The van der Waals surface area contributed by atoms with Crippen molar-refractivity contribution >= 4 is 5.97 Å². The van der Waals surface area contributed by atoms with Crippen molar-refractivity contribution in [1.29, 1.82) is 0 Å². The van der Waals surface area contributed by atoms with E-state index in [0.29, 0.717) is 19.6 Å². The van der Waals surface area contributed by atoms with Crippen LogP contribution >= 0.6 is 0 Å². The van der Waals surface area contributed by atoms with Crippen molar-refractivity contribution in [3.8, 4) is 5.75 Å². The number of rotatable bonds is 6. The normalized spacial score (nSPS) is 18.4. The number of cyclic esters (lactones) is 1. The summed E-state index contributed by atoms with van der Waals surface area (Å²) in [5.74, 6) is -0.772. The highest BCUT2D eigenvalue weighted by Crippen LogP contribution is 2.22. The Morgan fingerprint density at radius 1 is 1.53 bits per heavy atom. The van der Waals surface area contributed by atoms with Crippen LogP contribution in [0.4, 0.5) is 4.39 Å². The number of hydrogen-bond donors (Lipinski definition) is 1. The van der Waals surface area contributed by atoms with Gasteiger partial charge in [0.15, 0.2) is 17.7 Å². The highest BCUT2D eigenvalue weighted by Gasteiger charge is 2.29. The molecule has 0 radical (unpaired) electrons. The number of ether oxygens (including phenoxy) is 2. The molecule has 1 aromatic carbocycles. The Labute approximate surface area is 111 Å². The quantitative estimate of drug-likeness (QED) is 0.633. The van der Waals surface area contributed by atoms with E-state index in [4.69, 9.17) is 9.47 Å². The first-order valence-electron chi connectivity index (χ1n) is 6.53. The molecule has 1 N–H and O–H groups in total. The third-order valence-corrected chi connectivity index (χ3v) is 2.91. The Bertz CT molecular complexity index is 450. The Morgan fingerprint density at radius 2 is 2.37 bits per heavy atom. The van der Waals surface area contributed by atoms with Gasteiger partial charge in [-0.25, -0.2) is 9.18 Å². The number of esters is 1. The van der Waals surface area contributed by atoms with Crippen molar-refractivity contribution in [1.82, 2.24) is 5.32 Å². The van der Waals surface area contributed by atoms with Gasteiger partial charge in [0, 0.05) is 13.0 Å². The molecular formula is C14H18FNO3. The summed E-state index contributed by atoms with van der Waals surface area (Å²) in [7, 11) is 0. The molecule has 0 aliphatic carbocycles. The summed E-state index contributed by atoms with van der Waals surface area (Å²) < 4.78 is 23.9. The van der Waals surface area contributed by atoms with Crippen molar-refractivity contribution < 1.29 is 18.7 Å². The first-order valence-corrected chi connectivity index (χ1v) is 6.53. The summed E-state index contributed by atoms with van der Waals surface area (Å²) in [4.78, 5) is 11.3. The molecule has 5 heteroatoms. The van der Waals surface area contributed by atoms with E-state index >= 15 is 0 Å². The van der Waals surface area contributed by atoms with Gasteiger partial charge in [0.25, 0.3) is 0 Å². The van der Waals surface area contributed by atoms with E-state index in [0.717, 1.165) is 18.5 Å². The fourth-order valence-corrected chi connectivity index (χ4v) is 1.90. The van der Waals surface area contributed by atoms with Gasteiger partial charge in [0.1, 0.15) is 0 Å². The maximum absolute atomic E-state index is 13.8. The molecule has 104 valence electrons. The van der Waals surface area contributed by atoms with Crippen LogP contribution in [0.3, 0.4) is 0 Å². The van der Waals surface area contributed by atoms with E-state index in [2.05, 4.69) is 12.2 Å². The number of carbonyl (C=O) groups excluding carboxylic acids is 1. The highest BCUT2D eigenvalue weighted by molar-refractivity contribution is 5.76. The molecule has 2 rings (SSSR count). The lowest BCUT2D eigenvalue weighted by Crippen LogP contribution is -2.22. The molecule has 1 aliphatic rings. The van der Waals surface area contributed by atoms with Crippen LogP contribution in [0, 0.1) is 5.82 Å². The molecular weight excluding hydrogens is 249 g/mol. The predicted molar refractivity (Wildman–Crippen MR) is 68.4 cm³/mol. The van der Waals surface area contributed by atoms with Gasteiger partial charge in [-0.3, -0.25) is 0 Å². The summed E-state index contributed by atoms with van der Waals surface area (Å²) in [5.41, 5.74) is 0.854. The molecule has 0 aromatic heterocycles. The molecule has 0 spiro atoms. The predicted octanol–water partition coefficient (Wildman–Crippen LogP) is 2.02. The smallest absolute Gasteiger partial charge is 0.347 e. The first-order chi connectivity index (χ1) is 9.20. The number of nitrogens with one attached hydrogen (secondary N) is 1. The van der Waals surface area contributed by atoms with E-state index < -0.39 is 17.9 Å². The van der Waals surface area contributed by atoms with Crippen molar-refractivity contribution in [2.45, 2.75) is 32.4 Å². The second-order valence-corrected chi connectivity index (χ2v) is 4.50. The summed E-state index contributed by atoms with van der Waals surface area (Å²) in [6, 6.07) is 4.78. The molecule has 1 fully saturated rings. The zero-order valence-electron chi connectivity index (χ0n) is 10.9. The lowest BCUT2D eigenvalue weighted by molar-refractivity contribution is -0.143. The minimum atomic E-state index is -0.682.